The quantitative estimate of drug-likeness (QED) is 0.310. The lowest BCUT2D eigenvalue weighted by molar-refractivity contribution is -0.284. The highest BCUT2D eigenvalue weighted by Gasteiger charge is 2.56. The predicted octanol–water partition coefficient (Wildman–Crippen LogP) is 3.88. The van der Waals surface area contributed by atoms with Crippen molar-refractivity contribution in [3.63, 3.8) is 0 Å². The van der Waals surface area contributed by atoms with Crippen molar-refractivity contribution >= 4 is 9.84 Å². The standard InChI is InChI=1S/C18H30F5NO4S/c1-16(2,3)28-15(25)24-11-6-9-14(24)8-4-5-12-29(26,27)13-7-10-17(19,20)18(21,22)23/h4,8,14-15,25H,5-7,9-13H2,1-3H3. The summed E-state index contributed by atoms with van der Waals surface area (Å²) in [4.78, 5) is 1.75. The Bertz CT molecular complexity index is 644. The topological polar surface area (TPSA) is 66.8 Å². The molecule has 0 bridgehead atoms. The number of aliphatic hydroxyl groups excluding tert-OH is 1. The number of hydrogen-bond acceptors (Lipinski definition) is 5. The Labute approximate surface area is 168 Å². The summed E-state index contributed by atoms with van der Waals surface area (Å²) in [6.45, 7) is 6.06. The monoisotopic (exact) mass is 451 g/mol. The molecule has 0 aliphatic carbocycles. The van der Waals surface area contributed by atoms with Gasteiger partial charge in [-0.25, -0.2) is 13.3 Å². The van der Waals surface area contributed by atoms with E-state index < -0.39 is 52.5 Å². The Kier molecular flexibility index (Phi) is 9.07. The van der Waals surface area contributed by atoms with Gasteiger partial charge in [0.25, 0.3) is 0 Å². The largest absolute Gasteiger partial charge is 0.453 e. The van der Waals surface area contributed by atoms with Crippen LogP contribution in [0.5, 0.6) is 0 Å². The summed E-state index contributed by atoms with van der Waals surface area (Å²) < 4.78 is 91.2. The van der Waals surface area contributed by atoms with Gasteiger partial charge in [-0.05, 0) is 46.5 Å². The second-order valence-corrected chi connectivity index (χ2v) is 10.5. The number of likely N-dealkylation sites (tertiary alicyclic amines) is 1. The van der Waals surface area contributed by atoms with Gasteiger partial charge in [0.2, 0.25) is 6.41 Å². The molecule has 11 heteroatoms. The van der Waals surface area contributed by atoms with Gasteiger partial charge in [0.1, 0.15) is 0 Å². The number of nitrogens with zero attached hydrogens (tertiary/aromatic N) is 1. The second-order valence-electron chi connectivity index (χ2n) is 8.18. The Morgan fingerprint density at radius 2 is 1.79 bits per heavy atom. The average molecular weight is 451 g/mol. The summed E-state index contributed by atoms with van der Waals surface area (Å²) in [6, 6.07) is -0.125. The fourth-order valence-electron chi connectivity index (χ4n) is 2.94. The fraction of sp³-hybridized carbons (Fsp3) is 0.889. The SMILES string of the molecule is CC(C)(C)OC(O)N1CCCC1C=CCCS(=O)(=O)CCCC(F)(F)C(F)(F)F. The van der Waals surface area contributed by atoms with Crippen LogP contribution in [-0.2, 0) is 14.6 Å². The van der Waals surface area contributed by atoms with Gasteiger partial charge >= 0.3 is 12.1 Å². The first kappa shape index (κ1) is 26.3. The molecule has 0 spiro atoms. The molecule has 1 heterocycles. The van der Waals surface area contributed by atoms with Crippen LogP contribution in [0, 0.1) is 0 Å². The third-order valence-electron chi connectivity index (χ3n) is 4.40. The molecule has 1 rings (SSSR count). The molecule has 5 nitrogen and oxygen atoms in total. The highest BCUT2D eigenvalue weighted by molar-refractivity contribution is 7.91. The fourth-order valence-corrected chi connectivity index (χ4v) is 4.22. The number of rotatable bonds is 10. The van der Waals surface area contributed by atoms with E-state index in [1.807, 2.05) is 20.8 Å². The summed E-state index contributed by atoms with van der Waals surface area (Å²) in [7, 11) is -3.74. The van der Waals surface area contributed by atoms with E-state index in [9.17, 15) is 35.5 Å². The van der Waals surface area contributed by atoms with Gasteiger partial charge < -0.3 is 9.84 Å². The Balaban J connectivity index is 2.45. The summed E-state index contributed by atoms with van der Waals surface area (Å²) in [5.41, 5.74) is -0.534. The molecule has 1 saturated heterocycles. The van der Waals surface area contributed by atoms with Gasteiger partial charge in [0.05, 0.1) is 17.1 Å². The minimum Gasteiger partial charge on any atom is -0.356 e. The molecular weight excluding hydrogens is 421 g/mol. The maximum Gasteiger partial charge on any atom is 0.453 e. The number of allylic oxidation sites excluding steroid dienone is 1. The molecular formula is C18H30F5NO4S. The lowest BCUT2D eigenvalue weighted by Crippen LogP contribution is -2.43. The van der Waals surface area contributed by atoms with E-state index in [4.69, 9.17) is 4.74 Å². The van der Waals surface area contributed by atoms with Crippen molar-refractivity contribution in [2.75, 3.05) is 18.1 Å². The van der Waals surface area contributed by atoms with E-state index >= 15 is 0 Å². The van der Waals surface area contributed by atoms with Crippen LogP contribution in [0.3, 0.4) is 0 Å². The zero-order valence-corrected chi connectivity index (χ0v) is 17.7. The van der Waals surface area contributed by atoms with Crippen molar-refractivity contribution in [1.29, 1.82) is 0 Å². The van der Waals surface area contributed by atoms with Crippen molar-refractivity contribution in [2.45, 2.75) is 83.0 Å². The molecule has 2 unspecified atom stereocenters. The summed E-state index contributed by atoms with van der Waals surface area (Å²) in [5.74, 6) is -5.95. The van der Waals surface area contributed by atoms with E-state index in [1.165, 1.54) is 0 Å². The number of aliphatic hydroxyl groups is 1. The van der Waals surface area contributed by atoms with Crippen LogP contribution < -0.4 is 0 Å². The highest BCUT2D eigenvalue weighted by Crippen LogP contribution is 2.38. The molecule has 1 aliphatic rings. The molecule has 0 aromatic rings. The smallest absolute Gasteiger partial charge is 0.356 e. The number of ether oxygens (including phenoxy) is 1. The van der Waals surface area contributed by atoms with Crippen molar-refractivity contribution in [3.05, 3.63) is 12.2 Å². The van der Waals surface area contributed by atoms with Gasteiger partial charge in [-0.15, -0.1) is 0 Å². The van der Waals surface area contributed by atoms with E-state index in [1.54, 1.807) is 17.1 Å². The third kappa shape index (κ3) is 9.27. The number of hydrogen-bond donors (Lipinski definition) is 1. The van der Waals surface area contributed by atoms with E-state index in [-0.39, 0.29) is 18.2 Å². The molecule has 0 radical (unpaired) electrons. The van der Waals surface area contributed by atoms with Gasteiger partial charge in [0.15, 0.2) is 9.84 Å². The van der Waals surface area contributed by atoms with Crippen molar-refractivity contribution in [1.82, 2.24) is 4.90 Å². The van der Waals surface area contributed by atoms with Crippen molar-refractivity contribution in [2.24, 2.45) is 0 Å². The normalized spacial score (nSPS) is 21.2. The Morgan fingerprint density at radius 3 is 2.34 bits per heavy atom. The van der Waals surface area contributed by atoms with Crippen LogP contribution >= 0.6 is 0 Å². The van der Waals surface area contributed by atoms with Crippen LogP contribution in [0.15, 0.2) is 12.2 Å². The first-order valence-corrected chi connectivity index (χ1v) is 11.3. The van der Waals surface area contributed by atoms with Crippen LogP contribution in [0.1, 0.15) is 52.9 Å². The zero-order valence-electron chi connectivity index (χ0n) is 16.9. The highest BCUT2D eigenvalue weighted by atomic mass is 32.2. The summed E-state index contributed by atoms with van der Waals surface area (Å²) in [6.07, 6.45) is -3.98. The number of sulfone groups is 1. The maximum absolute atomic E-state index is 12.8. The van der Waals surface area contributed by atoms with Crippen LogP contribution in [0.4, 0.5) is 22.0 Å². The molecule has 0 aromatic heterocycles. The zero-order chi connectivity index (χ0) is 22.5. The molecule has 0 aromatic carbocycles. The molecule has 2 atom stereocenters. The number of halogens is 5. The van der Waals surface area contributed by atoms with E-state index in [2.05, 4.69) is 0 Å². The second kappa shape index (κ2) is 10.0. The van der Waals surface area contributed by atoms with E-state index in [0.29, 0.717) is 6.54 Å². The molecule has 0 amide bonds. The first-order valence-electron chi connectivity index (χ1n) is 9.47. The van der Waals surface area contributed by atoms with Crippen molar-refractivity contribution in [3.8, 4) is 0 Å². The maximum atomic E-state index is 12.8. The third-order valence-corrected chi connectivity index (χ3v) is 6.17. The molecule has 172 valence electrons. The molecule has 29 heavy (non-hydrogen) atoms. The van der Waals surface area contributed by atoms with Crippen LogP contribution in [0.2, 0.25) is 0 Å². The Hall–Kier alpha value is -0.780. The minimum atomic E-state index is -5.67. The minimum absolute atomic E-state index is 0.110. The predicted molar refractivity (Wildman–Crippen MR) is 99.2 cm³/mol. The molecule has 1 fully saturated rings. The van der Waals surface area contributed by atoms with Gasteiger partial charge in [-0.2, -0.15) is 22.0 Å². The average Bonchev–Trinajstić information content (AvgIpc) is 2.97. The molecule has 0 saturated carbocycles. The molecule has 1 aliphatic heterocycles. The number of alkyl halides is 5. The lowest BCUT2D eigenvalue weighted by atomic mass is 10.2. The van der Waals surface area contributed by atoms with E-state index in [0.717, 1.165) is 12.8 Å². The lowest BCUT2D eigenvalue weighted by Gasteiger charge is -2.32. The molecule has 1 N–H and O–H groups in total. The first-order chi connectivity index (χ1) is 13.0. The van der Waals surface area contributed by atoms with Gasteiger partial charge in [-0.3, -0.25) is 0 Å². The summed E-state index contributed by atoms with van der Waals surface area (Å²) in [5, 5.41) is 10.2. The van der Waals surface area contributed by atoms with Crippen molar-refractivity contribution < 1.29 is 40.2 Å². The van der Waals surface area contributed by atoms with Gasteiger partial charge in [-0.1, -0.05) is 12.2 Å². The summed E-state index contributed by atoms with van der Waals surface area (Å²) >= 11 is 0. The van der Waals surface area contributed by atoms with Crippen LogP contribution in [-0.4, -0.2) is 66.6 Å². The van der Waals surface area contributed by atoms with Gasteiger partial charge in [0, 0.05) is 19.0 Å². The Morgan fingerprint density at radius 1 is 1.17 bits per heavy atom. The van der Waals surface area contributed by atoms with Crippen LogP contribution in [0.25, 0.3) is 0 Å².